The van der Waals surface area contributed by atoms with Gasteiger partial charge in [0.15, 0.2) is 0 Å². The van der Waals surface area contributed by atoms with Crippen molar-refractivity contribution in [1.29, 1.82) is 0 Å². The summed E-state index contributed by atoms with van der Waals surface area (Å²) in [5.41, 5.74) is 5.53. The van der Waals surface area contributed by atoms with Gasteiger partial charge in [-0.15, -0.1) is 0 Å². The number of rotatable bonds is 16. The summed E-state index contributed by atoms with van der Waals surface area (Å²) in [6, 6.07) is 3.64. The van der Waals surface area contributed by atoms with E-state index in [1.165, 1.54) is 0 Å². The second-order valence-corrected chi connectivity index (χ2v) is 9.36. The van der Waals surface area contributed by atoms with E-state index in [0.717, 1.165) is 72.7 Å². The lowest BCUT2D eigenvalue weighted by Crippen LogP contribution is -2.27. The van der Waals surface area contributed by atoms with Crippen LogP contribution in [0, 0.1) is 0 Å². The lowest BCUT2D eigenvalue weighted by Gasteiger charge is -2.22. The molecule has 0 aliphatic rings. The Kier molecular flexibility index (Phi) is 16.0. The number of likely N-dealkylation sites (N-methyl/N-ethyl adjacent to an activating group) is 1. The molecule has 0 fully saturated rings. The smallest absolute Gasteiger partial charge is 0.255 e. The van der Waals surface area contributed by atoms with Gasteiger partial charge in [0.25, 0.3) is 5.91 Å². The Bertz CT molecular complexity index is 1110. The van der Waals surface area contributed by atoms with Gasteiger partial charge >= 0.3 is 0 Å². The lowest BCUT2D eigenvalue weighted by molar-refractivity contribution is 0.0966. The van der Waals surface area contributed by atoms with Crippen molar-refractivity contribution in [3.05, 3.63) is 107 Å². The third kappa shape index (κ3) is 11.0. The van der Waals surface area contributed by atoms with Crippen molar-refractivity contribution < 1.29 is 4.79 Å². The summed E-state index contributed by atoms with van der Waals surface area (Å²) < 4.78 is 0. The summed E-state index contributed by atoms with van der Waals surface area (Å²) in [6.45, 7) is 20.4. The minimum Gasteiger partial charge on any atom is -0.357 e. The lowest BCUT2D eigenvalue weighted by atomic mass is 9.99. The molecular weight excluding hydrogens is 480 g/mol. The SMILES string of the molecule is C=CC(=C/C)/C(=C\C(=C/C)C(=C\CC)\N(C)/C=C/CC)/C=C(\C)NC(=O)c1ccnc(N(CCC)CCC)c1. The fourth-order valence-electron chi connectivity index (χ4n) is 4.22. The summed E-state index contributed by atoms with van der Waals surface area (Å²) in [4.78, 5) is 22.1. The molecule has 1 heterocycles. The number of hydrogen-bond donors (Lipinski definition) is 1. The van der Waals surface area contributed by atoms with Gasteiger partial charge in [0.1, 0.15) is 5.82 Å². The highest BCUT2D eigenvalue weighted by molar-refractivity contribution is 5.95. The third-order valence-electron chi connectivity index (χ3n) is 6.13. The van der Waals surface area contributed by atoms with Gasteiger partial charge in [-0.3, -0.25) is 4.79 Å². The molecule has 1 rings (SSSR count). The summed E-state index contributed by atoms with van der Waals surface area (Å²) in [5, 5.41) is 3.07. The molecule has 0 radical (unpaired) electrons. The second kappa shape index (κ2) is 18.6. The van der Waals surface area contributed by atoms with Crippen LogP contribution in [0.15, 0.2) is 102 Å². The molecule has 0 aliphatic carbocycles. The molecule has 1 amide bonds. The van der Waals surface area contributed by atoms with Crippen molar-refractivity contribution in [1.82, 2.24) is 15.2 Å². The Labute approximate surface area is 238 Å². The number of carbonyl (C=O) groups excluding carboxylic acids is 1. The molecule has 0 atom stereocenters. The van der Waals surface area contributed by atoms with Gasteiger partial charge in [0, 0.05) is 43.3 Å². The first-order valence-electron chi connectivity index (χ1n) is 14.3. The standard InChI is InChI=1S/C34H50N4O/c1-10-17-23-37(9)32(18-11-2)29(16-7)25-31(28(14-5)15-6)24-27(8)36-34(39)30-19-20-35-33(26-30)38(21-12-3)22-13-4/h14-20,23-26H,5,10-13,21-22H2,1-4,6-9H3,(H,36,39)/b23-17+,27-24+,28-15-,29-16+,31-25-,32-18-. The number of amides is 1. The molecule has 0 unspecified atom stereocenters. The maximum atomic E-state index is 13.2. The normalized spacial score (nSPS) is 13.6. The molecule has 39 heavy (non-hydrogen) atoms. The van der Waals surface area contributed by atoms with Crippen LogP contribution in [0.2, 0.25) is 0 Å². The highest BCUT2D eigenvalue weighted by atomic mass is 16.1. The Morgan fingerprint density at radius 3 is 2.21 bits per heavy atom. The summed E-state index contributed by atoms with van der Waals surface area (Å²) in [5.74, 6) is 0.688. The Morgan fingerprint density at radius 2 is 1.67 bits per heavy atom. The van der Waals surface area contributed by atoms with Gasteiger partial charge in [0.2, 0.25) is 0 Å². The van der Waals surface area contributed by atoms with Gasteiger partial charge in [-0.05, 0) is 93.7 Å². The number of anilines is 1. The van der Waals surface area contributed by atoms with Gasteiger partial charge in [0.05, 0.1) is 0 Å². The Hall–Kier alpha value is -3.60. The molecule has 0 bridgehead atoms. The van der Waals surface area contributed by atoms with E-state index in [2.05, 4.69) is 91.9 Å². The van der Waals surface area contributed by atoms with Crippen molar-refractivity contribution in [3.63, 3.8) is 0 Å². The zero-order valence-corrected chi connectivity index (χ0v) is 25.6. The van der Waals surface area contributed by atoms with Crippen molar-refractivity contribution in [3.8, 4) is 0 Å². The van der Waals surface area contributed by atoms with Crippen molar-refractivity contribution in [2.75, 3.05) is 25.0 Å². The van der Waals surface area contributed by atoms with Crippen LogP contribution in [-0.2, 0) is 0 Å². The first-order valence-corrected chi connectivity index (χ1v) is 14.3. The highest BCUT2D eigenvalue weighted by Crippen LogP contribution is 2.24. The predicted octanol–water partition coefficient (Wildman–Crippen LogP) is 8.50. The topological polar surface area (TPSA) is 48.5 Å². The van der Waals surface area contributed by atoms with Crippen molar-refractivity contribution >= 4 is 11.7 Å². The van der Waals surface area contributed by atoms with Gasteiger partial charge < -0.3 is 15.1 Å². The van der Waals surface area contributed by atoms with E-state index in [4.69, 9.17) is 0 Å². The molecule has 0 aliphatic heterocycles. The molecule has 1 aromatic rings. The zero-order valence-electron chi connectivity index (χ0n) is 25.6. The van der Waals surface area contributed by atoms with E-state index in [0.29, 0.717) is 5.56 Å². The van der Waals surface area contributed by atoms with E-state index >= 15 is 0 Å². The van der Waals surface area contributed by atoms with Crippen LogP contribution in [0.5, 0.6) is 0 Å². The van der Waals surface area contributed by atoms with Gasteiger partial charge in [-0.2, -0.15) is 0 Å². The molecule has 0 saturated heterocycles. The number of aromatic nitrogens is 1. The number of nitrogens with one attached hydrogen (secondary N) is 1. The Balaban J connectivity index is 3.39. The van der Waals surface area contributed by atoms with E-state index in [9.17, 15) is 4.79 Å². The molecule has 1 aromatic heterocycles. The fourth-order valence-corrected chi connectivity index (χ4v) is 4.22. The van der Waals surface area contributed by atoms with E-state index in [1.54, 1.807) is 12.3 Å². The molecule has 5 nitrogen and oxygen atoms in total. The zero-order chi connectivity index (χ0) is 29.2. The number of allylic oxidation sites excluding steroid dienone is 10. The van der Waals surface area contributed by atoms with Crippen LogP contribution in [-0.4, -0.2) is 35.9 Å². The number of nitrogens with zero attached hydrogens (tertiary/aromatic N) is 3. The van der Waals surface area contributed by atoms with Crippen LogP contribution in [0.4, 0.5) is 5.82 Å². The minimum atomic E-state index is -0.150. The monoisotopic (exact) mass is 530 g/mol. The van der Waals surface area contributed by atoms with Crippen LogP contribution >= 0.6 is 0 Å². The van der Waals surface area contributed by atoms with Crippen LogP contribution < -0.4 is 10.2 Å². The molecule has 0 aromatic carbocycles. The first-order chi connectivity index (χ1) is 18.8. The summed E-state index contributed by atoms with van der Waals surface area (Å²) in [6.07, 6.45) is 22.3. The molecule has 212 valence electrons. The van der Waals surface area contributed by atoms with Gasteiger partial charge in [-0.1, -0.05) is 64.7 Å². The average Bonchev–Trinajstić information content (AvgIpc) is 2.93. The number of pyridine rings is 1. The second-order valence-electron chi connectivity index (χ2n) is 9.36. The maximum absolute atomic E-state index is 13.2. The summed E-state index contributed by atoms with van der Waals surface area (Å²) in [7, 11) is 2.07. The molecule has 0 saturated carbocycles. The highest BCUT2D eigenvalue weighted by Gasteiger charge is 2.13. The average molecular weight is 531 g/mol. The minimum absolute atomic E-state index is 0.150. The predicted molar refractivity (Wildman–Crippen MR) is 170 cm³/mol. The molecule has 5 heteroatoms. The number of hydrogen-bond acceptors (Lipinski definition) is 4. The van der Waals surface area contributed by atoms with E-state index in [-0.39, 0.29) is 5.91 Å². The fraction of sp³-hybridized carbons (Fsp3) is 0.412. The van der Waals surface area contributed by atoms with Crippen molar-refractivity contribution in [2.24, 2.45) is 0 Å². The molecular formula is C34H50N4O. The van der Waals surface area contributed by atoms with Crippen LogP contribution in [0.3, 0.4) is 0 Å². The van der Waals surface area contributed by atoms with Crippen LogP contribution in [0.25, 0.3) is 0 Å². The summed E-state index contributed by atoms with van der Waals surface area (Å²) >= 11 is 0. The first kappa shape index (κ1) is 33.4. The van der Waals surface area contributed by atoms with E-state index in [1.807, 2.05) is 45.1 Å². The van der Waals surface area contributed by atoms with Crippen molar-refractivity contribution in [2.45, 2.75) is 74.1 Å². The maximum Gasteiger partial charge on any atom is 0.255 e. The van der Waals surface area contributed by atoms with Gasteiger partial charge in [-0.25, -0.2) is 4.98 Å². The quantitative estimate of drug-likeness (QED) is 0.218. The Morgan fingerprint density at radius 1 is 1.00 bits per heavy atom. The van der Waals surface area contributed by atoms with E-state index < -0.39 is 0 Å². The molecule has 1 N–H and O–H groups in total. The van der Waals surface area contributed by atoms with Crippen LogP contribution in [0.1, 0.15) is 84.5 Å². The molecule has 0 spiro atoms. The number of carbonyl (C=O) groups is 1. The third-order valence-corrected chi connectivity index (χ3v) is 6.13. The largest absolute Gasteiger partial charge is 0.357 e.